The molecule has 84 valence electrons. The summed E-state index contributed by atoms with van der Waals surface area (Å²) in [6, 6.07) is 5.26. The Balaban J connectivity index is 2.56. The van der Waals surface area contributed by atoms with E-state index in [2.05, 4.69) is 35.1 Å². The first-order chi connectivity index (χ1) is 7.13. The lowest BCUT2D eigenvalue weighted by Gasteiger charge is -2.12. The molecule has 0 aliphatic rings. The Morgan fingerprint density at radius 2 is 2.20 bits per heavy atom. The van der Waals surface area contributed by atoms with E-state index in [1.807, 2.05) is 12.1 Å². The van der Waals surface area contributed by atoms with E-state index in [4.69, 9.17) is 0 Å². The molecule has 3 heteroatoms. The SMILES string of the molecule is CCNCC(C)Cc1ccc(Br)cc1F. The molecule has 1 aromatic carbocycles. The summed E-state index contributed by atoms with van der Waals surface area (Å²) in [4.78, 5) is 0. The maximum atomic E-state index is 13.5. The van der Waals surface area contributed by atoms with Crippen molar-refractivity contribution in [1.82, 2.24) is 5.32 Å². The zero-order valence-electron chi connectivity index (χ0n) is 9.19. The Hall–Kier alpha value is -0.410. The predicted octanol–water partition coefficient (Wildman–Crippen LogP) is 3.38. The first-order valence-corrected chi connectivity index (χ1v) is 6.07. The summed E-state index contributed by atoms with van der Waals surface area (Å²) in [5.74, 6) is 0.341. The number of hydrogen-bond donors (Lipinski definition) is 1. The van der Waals surface area contributed by atoms with Crippen molar-refractivity contribution in [2.45, 2.75) is 20.3 Å². The molecule has 1 aromatic rings. The van der Waals surface area contributed by atoms with Crippen LogP contribution in [-0.4, -0.2) is 13.1 Å². The van der Waals surface area contributed by atoms with E-state index in [0.717, 1.165) is 29.5 Å². The van der Waals surface area contributed by atoms with Crippen LogP contribution in [0.15, 0.2) is 22.7 Å². The lowest BCUT2D eigenvalue weighted by molar-refractivity contribution is 0.505. The van der Waals surface area contributed by atoms with Crippen molar-refractivity contribution < 1.29 is 4.39 Å². The molecule has 0 bridgehead atoms. The van der Waals surface area contributed by atoms with Gasteiger partial charge in [-0.15, -0.1) is 0 Å². The third-order valence-corrected chi connectivity index (χ3v) is 2.82. The zero-order valence-corrected chi connectivity index (χ0v) is 10.8. The molecule has 0 amide bonds. The molecule has 1 rings (SSSR count). The number of rotatable bonds is 5. The van der Waals surface area contributed by atoms with Crippen molar-refractivity contribution in [3.63, 3.8) is 0 Å². The average Bonchev–Trinajstić information content (AvgIpc) is 2.19. The van der Waals surface area contributed by atoms with E-state index in [1.54, 1.807) is 0 Å². The first kappa shape index (κ1) is 12.7. The van der Waals surface area contributed by atoms with Crippen LogP contribution in [-0.2, 0) is 6.42 Å². The van der Waals surface area contributed by atoms with Crippen molar-refractivity contribution >= 4 is 15.9 Å². The average molecular weight is 274 g/mol. The van der Waals surface area contributed by atoms with E-state index in [9.17, 15) is 4.39 Å². The highest BCUT2D eigenvalue weighted by molar-refractivity contribution is 9.10. The predicted molar refractivity (Wildman–Crippen MR) is 65.5 cm³/mol. The van der Waals surface area contributed by atoms with Gasteiger partial charge in [0.25, 0.3) is 0 Å². The van der Waals surface area contributed by atoms with Crippen molar-refractivity contribution in [2.24, 2.45) is 5.92 Å². The Morgan fingerprint density at radius 1 is 1.47 bits per heavy atom. The van der Waals surface area contributed by atoms with Crippen molar-refractivity contribution in [2.75, 3.05) is 13.1 Å². The van der Waals surface area contributed by atoms with Crippen molar-refractivity contribution in [3.8, 4) is 0 Å². The second-order valence-electron chi connectivity index (χ2n) is 3.85. The maximum absolute atomic E-state index is 13.5. The van der Waals surface area contributed by atoms with Gasteiger partial charge in [-0.2, -0.15) is 0 Å². The van der Waals surface area contributed by atoms with Gasteiger partial charge in [0.05, 0.1) is 0 Å². The smallest absolute Gasteiger partial charge is 0.127 e. The Morgan fingerprint density at radius 3 is 2.80 bits per heavy atom. The van der Waals surface area contributed by atoms with Crippen LogP contribution in [0.3, 0.4) is 0 Å². The van der Waals surface area contributed by atoms with Gasteiger partial charge in [0.15, 0.2) is 0 Å². The molecule has 0 aliphatic carbocycles. The van der Waals surface area contributed by atoms with E-state index < -0.39 is 0 Å². The Kier molecular flexibility index (Phi) is 5.26. The van der Waals surface area contributed by atoms with Gasteiger partial charge in [0.1, 0.15) is 5.82 Å². The van der Waals surface area contributed by atoms with Crippen LogP contribution >= 0.6 is 15.9 Å². The van der Waals surface area contributed by atoms with Crippen LogP contribution in [0.1, 0.15) is 19.4 Å². The molecule has 1 atom stereocenters. The summed E-state index contributed by atoms with van der Waals surface area (Å²) in [5.41, 5.74) is 0.795. The highest BCUT2D eigenvalue weighted by atomic mass is 79.9. The minimum atomic E-state index is -0.118. The molecule has 0 spiro atoms. The number of hydrogen-bond acceptors (Lipinski definition) is 1. The fraction of sp³-hybridized carbons (Fsp3) is 0.500. The van der Waals surface area contributed by atoms with Gasteiger partial charge in [-0.25, -0.2) is 4.39 Å². The summed E-state index contributed by atoms with van der Waals surface area (Å²) in [7, 11) is 0. The monoisotopic (exact) mass is 273 g/mol. The van der Waals surface area contributed by atoms with Gasteiger partial charge in [0.2, 0.25) is 0 Å². The highest BCUT2D eigenvalue weighted by Crippen LogP contribution is 2.17. The molecule has 0 saturated heterocycles. The molecule has 15 heavy (non-hydrogen) atoms. The molecule has 0 saturated carbocycles. The molecule has 1 unspecified atom stereocenters. The second-order valence-corrected chi connectivity index (χ2v) is 4.77. The lowest BCUT2D eigenvalue weighted by atomic mass is 10.0. The summed E-state index contributed by atoms with van der Waals surface area (Å²) in [5, 5.41) is 3.27. The minimum Gasteiger partial charge on any atom is -0.317 e. The third-order valence-electron chi connectivity index (χ3n) is 2.33. The van der Waals surface area contributed by atoms with Crippen LogP contribution in [0, 0.1) is 11.7 Å². The van der Waals surface area contributed by atoms with E-state index in [-0.39, 0.29) is 5.82 Å². The number of halogens is 2. The van der Waals surface area contributed by atoms with Gasteiger partial charge in [-0.3, -0.25) is 0 Å². The quantitative estimate of drug-likeness (QED) is 0.868. The first-order valence-electron chi connectivity index (χ1n) is 5.28. The standard InChI is InChI=1S/C12H17BrFN/c1-3-15-8-9(2)6-10-4-5-11(13)7-12(10)14/h4-5,7,9,15H,3,6,8H2,1-2H3. The fourth-order valence-corrected chi connectivity index (χ4v) is 1.86. The van der Waals surface area contributed by atoms with E-state index >= 15 is 0 Å². The van der Waals surface area contributed by atoms with Crippen molar-refractivity contribution in [1.29, 1.82) is 0 Å². The van der Waals surface area contributed by atoms with Gasteiger partial charge < -0.3 is 5.32 Å². The highest BCUT2D eigenvalue weighted by Gasteiger charge is 2.07. The summed E-state index contributed by atoms with van der Waals surface area (Å²) in [6.07, 6.45) is 0.784. The van der Waals surface area contributed by atoms with Crippen LogP contribution in [0.2, 0.25) is 0 Å². The molecule has 0 aromatic heterocycles. The number of nitrogens with one attached hydrogen (secondary N) is 1. The summed E-state index contributed by atoms with van der Waals surface area (Å²) >= 11 is 3.25. The van der Waals surface area contributed by atoms with Crippen LogP contribution in [0.4, 0.5) is 4.39 Å². The van der Waals surface area contributed by atoms with Crippen LogP contribution < -0.4 is 5.32 Å². The van der Waals surface area contributed by atoms with E-state index in [0.29, 0.717) is 5.92 Å². The minimum absolute atomic E-state index is 0.118. The molecule has 0 fully saturated rings. The normalized spacial score (nSPS) is 12.8. The largest absolute Gasteiger partial charge is 0.317 e. The van der Waals surface area contributed by atoms with Crippen LogP contribution in [0.25, 0.3) is 0 Å². The Labute approximate surface area is 99.2 Å². The lowest BCUT2D eigenvalue weighted by Crippen LogP contribution is -2.22. The Bertz CT molecular complexity index is 314. The number of benzene rings is 1. The van der Waals surface area contributed by atoms with E-state index in [1.165, 1.54) is 6.07 Å². The zero-order chi connectivity index (χ0) is 11.3. The molecule has 0 aliphatic heterocycles. The maximum Gasteiger partial charge on any atom is 0.127 e. The topological polar surface area (TPSA) is 12.0 Å². The molecule has 0 radical (unpaired) electrons. The third kappa shape index (κ3) is 4.31. The van der Waals surface area contributed by atoms with Crippen molar-refractivity contribution in [3.05, 3.63) is 34.1 Å². The van der Waals surface area contributed by atoms with Gasteiger partial charge in [0, 0.05) is 4.47 Å². The van der Waals surface area contributed by atoms with Gasteiger partial charge in [-0.05, 0) is 43.1 Å². The fourth-order valence-electron chi connectivity index (χ4n) is 1.53. The summed E-state index contributed by atoms with van der Waals surface area (Å²) < 4.78 is 14.3. The molecule has 0 heterocycles. The molecule has 1 N–H and O–H groups in total. The van der Waals surface area contributed by atoms with Gasteiger partial charge >= 0.3 is 0 Å². The summed E-state index contributed by atoms with van der Waals surface area (Å²) in [6.45, 7) is 6.11. The molecular weight excluding hydrogens is 257 g/mol. The second kappa shape index (κ2) is 6.23. The molecule has 1 nitrogen and oxygen atoms in total. The molecular formula is C12H17BrFN. The van der Waals surface area contributed by atoms with Gasteiger partial charge in [-0.1, -0.05) is 35.8 Å². The van der Waals surface area contributed by atoms with Crippen LogP contribution in [0.5, 0.6) is 0 Å².